The Hall–Kier alpha value is -0.250. The lowest BCUT2D eigenvalue weighted by Crippen LogP contribution is -2.11. The smallest absolute Gasteiger partial charge is 0.119 e. The van der Waals surface area contributed by atoms with E-state index in [1.54, 1.807) is 7.11 Å². The van der Waals surface area contributed by atoms with E-state index in [1.807, 2.05) is 18.2 Å². The molecule has 2 N–H and O–H groups in total. The third kappa shape index (κ3) is 5.28. The predicted molar refractivity (Wildman–Crippen MR) is 79.0 cm³/mol. The third-order valence-electron chi connectivity index (χ3n) is 2.72. The second-order valence-corrected chi connectivity index (χ2v) is 4.84. The number of rotatable bonds is 6. The maximum atomic E-state index is 6.17. The predicted octanol–water partition coefficient (Wildman–Crippen LogP) is 4.46. The molecule has 0 unspecified atom stereocenters. The topological polar surface area (TPSA) is 35.2 Å². The van der Waals surface area contributed by atoms with Crippen LogP contribution in [-0.2, 0) is 0 Å². The monoisotopic (exact) mass is 321 g/mol. The van der Waals surface area contributed by atoms with Gasteiger partial charge in [0.05, 0.1) is 7.11 Å². The van der Waals surface area contributed by atoms with Crippen molar-refractivity contribution in [3.8, 4) is 5.75 Å². The lowest BCUT2D eigenvalue weighted by molar-refractivity contribution is 0.413. The van der Waals surface area contributed by atoms with E-state index in [0.717, 1.165) is 22.2 Å². The van der Waals surface area contributed by atoms with E-state index in [2.05, 4.69) is 22.9 Å². The summed E-state index contributed by atoms with van der Waals surface area (Å²) in [4.78, 5) is 0. The highest BCUT2D eigenvalue weighted by Crippen LogP contribution is 2.29. The first-order chi connectivity index (χ1) is 7.69. The van der Waals surface area contributed by atoms with Crippen LogP contribution in [0.1, 0.15) is 44.2 Å². The molecule has 0 aliphatic carbocycles. The molecule has 17 heavy (non-hydrogen) atoms. The van der Waals surface area contributed by atoms with Gasteiger partial charge in [0.25, 0.3) is 0 Å². The van der Waals surface area contributed by atoms with Gasteiger partial charge in [0, 0.05) is 10.5 Å². The van der Waals surface area contributed by atoms with Crippen molar-refractivity contribution in [3.05, 3.63) is 28.2 Å². The minimum absolute atomic E-state index is 0. The van der Waals surface area contributed by atoms with Gasteiger partial charge in [0.15, 0.2) is 0 Å². The number of methoxy groups -OCH3 is 1. The Balaban J connectivity index is 0.00000256. The molecule has 0 aliphatic rings. The normalized spacial score (nSPS) is 11.8. The van der Waals surface area contributed by atoms with Gasteiger partial charge in [-0.2, -0.15) is 0 Å². The number of hydrogen-bond acceptors (Lipinski definition) is 2. The summed E-state index contributed by atoms with van der Waals surface area (Å²) in [5.41, 5.74) is 7.31. The van der Waals surface area contributed by atoms with Crippen LogP contribution in [0.3, 0.4) is 0 Å². The Morgan fingerprint density at radius 2 is 2.06 bits per heavy atom. The molecular weight excluding hydrogens is 302 g/mol. The van der Waals surface area contributed by atoms with Gasteiger partial charge in [-0.1, -0.05) is 42.1 Å². The summed E-state index contributed by atoms with van der Waals surface area (Å²) in [7, 11) is 1.68. The maximum absolute atomic E-state index is 6.17. The summed E-state index contributed by atoms with van der Waals surface area (Å²) < 4.78 is 6.28. The van der Waals surface area contributed by atoms with Gasteiger partial charge >= 0.3 is 0 Å². The molecule has 0 radical (unpaired) electrons. The van der Waals surface area contributed by atoms with Gasteiger partial charge < -0.3 is 10.5 Å². The average Bonchev–Trinajstić information content (AvgIpc) is 2.30. The fraction of sp³-hybridized carbons (Fsp3) is 0.538. The van der Waals surface area contributed by atoms with E-state index in [-0.39, 0.29) is 18.4 Å². The molecule has 1 atom stereocenters. The summed E-state index contributed by atoms with van der Waals surface area (Å²) in [6.07, 6.45) is 4.68. The Kier molecular flexibility index (Phi) is 8.66. The van der Waals surface area contributed by atoms with Crippen LogP contribution < -0.4 is 10.5 Å². The first-order valence-corrected chi connectivity index (χ1v) is 6.57. The zero-order valence-electron chi connectivity index (χ0n) is 10.4. The Labute approximate surface area is 118 Å². The molecule has 0 saturated heterocycles. The molecule has 0 aromatic heterocycles. The molecule has 1 aromatic rings. The number of benzene rings is 1. The minimum Gasteiger partial charge on any atom is -0.497 e. The van der Waals surface area contributed by atoms with E-state index < -0.39 is 0 Å². The quantitative estimate of drug-likeness (QED) is 0.785. The summed E-state index contributed by atoms with van der Waals surface area (Å²) in [5.74, 6) is 0.865. The van der Waals surface area contributed by atoms with Crippen LogP contribution in [0.4, 0.5) is 0 Å². The lowest BCUT2D eigenvalue weighted by Gasteiger charge is -2.14. The molecule has 0 spiro atoms. The Morgan fingerprint density at radius 1 is 1.35 bits per heavy atom. The highest BCUT2D eigenvalue weighted by molar-refractivity contribution is 9.10. The second kappa shape index (κ2) is 8.78. The zero-order valence-corrected chi connectivity index (χ0v) is 12.8. The van der Waals surface area contributed by atoms with Crippen molar-refractivity contribution in [2.24, 2.45) is 5.73 Å². The van der Waals surface area contributed by atoms with E-state index in [4.69, 9.17) is 10.5 Å². The molecular formula is C13H21BrClNO. The summed E-state index contributed by atoms with van der Waals surface area (Å²) in [6.45, 7) is 2.20. The van der Waals surface area contributed by atoms with Gasteiger partial charge in [-0.25, -0.2) is 0 Å². The van der Waals surface area contributed by atoms with E-state index in [0.29, 0.717) is 0 Å². The molecule has 1 rings (SSSR count). The molecule has 0 fully saturated rings. The lowest BCUT2D eigenvalue weighted by atomic mass is 10.0. The van der Waals surface area contributed by atoms with Gasteiger partial charge in [-0.15, -0.1) is 12.4 Å². The highest BCUT2D eigenvalue weighted by Gasteiger charge is 2.10. The average molecular weight is 323 g/mol. The molecule has 0 saturated carbocycles. The standard InChI is InChI=1S/C13H20BrNO.ClH/c1-3-4-5-6-13(15)11-9-10(16-2)7-8-12(11)14;/h7-9,13H,3-6,15H2,1-2H3;1H/t13-;/m1./s1. The SMILES string of the molecule is CCCCC[C@@H](N)c1cc(OC)ccc1Br.Cl. The molecule has 98 valence electrons. The maximum Gasteiger partial charge on any atom is 0.119 e. The number of halogens is 2. The first kappa shape index (κ1) is 16.8. The minimum atomic E-state index is 0. The van der Waals surface area contributed by atoms with Crippen LogP contribution >= 0.6 is 28.3 Å². The Morgan fingerprint density at radius 3 is 2.65 bits per heavy atom. The van der Waals surface area contributed by atoms with Gasteiger partial charge in [0.1, 0.15) is 5.75 Å². The molecule has 4 heteroatoms. The fourth-order valence-corrected chi connectivity index (χ4v) is 2.24. The molecule has 2 nitrogen and oxygen atoms in total. The molecule has 0 bridgehead atoms. The van der Waals surface area contributed by atoms with Crippen LogP contribution in [-0.4, -0.2) is 7.11 Å². The van der Waals surface area contributed by atoms with Crippen molar-refractivity contribution in [1.29, 1.82) is 0 Å². The van der Waals surface area contributed by atoms with Gasteiger partial charge in [0.2, 0.25) is 0 Å². The highest BCUT2D eigenvalue weighted by atomic mass is 79.9. The first-order valence-electron chi connectivity index (χ1n) is 5.78. The number of nitrogens with two attached hydrogens (primary N) is 1. The van der Waals surface area contributed by atoms with Gasteiger partial charge in [-0.05, 0) is 30.2 Å². The fourth-order valence-electron chi connectivity index (χ4n) is 1.70. The van der Waals surface area contributed by atoms with E-state index in [9.17, 15) is 0 Å². The number of hydrogen-bond donors (Lipinski definition) is 1. The van der Waals surface area contributed by atoms with Crippen molar-refractivity contribution in [1.82, 2.24) is 0 Å². The molecule has 1 aromatic carbocycles. The second-order valence-electron chi connectivity index (χ2n) is 3.99. The molecule has 0 amide bonds. The van der Waals surface area contributed by atoms with Crippen LogP contribution in [0.15, 0.2) is 22.7 Å². The molecule has 0 aliphatic heterocycles. The van der Waals surface area contributed by atoms with Crippen molar-refractivity contribution < 1.29 is 4.74 Å². The number of ether oxygens (including phenoxy) is 1. The van der Waals surface area contributed by atoms with Crippen molar-refractivity contribution >= 4 is 28.3 Å². The van der Waals surface area contributed by atoms with E-state index in [1.165, 1.54) is 19.3 Å². The Bertz CT molecular complexity index is 333. The van der Waals surface area contributed by atoms with Crippen molar-refractivity contribution in [3.63, 3.8) is 0 Å². The van der Waals surface area contributed by atoms with Crippen molar-refractivity contribution in [2.75, 3.05) is 7.11 Å². The number of unbranched alkanes of at least 4 members (excludes halogenated alkanes) is 2. The van der Waals surface area contributed by atoms with Crippen LogP contribution in [0.5, 0.6) is 5.75 Å². The van der Waals surface area contributed by atoms with E-state index >= 15 is 0 Å². The van der Waals surface area contributed by atoms with Crippen LogP contribution in [0.2, 0.25) is 0 Å². The van der Waals surface area contributed by atoms with Crippen LogP contribution in [0.25, 0.3) is 0 Å². The summed E-state index contributed by atoms with van der Waals surface area (Å²) in [6, 6.07) is 6.04. The van der Waals surface area contributed by atoms with Crippen LogP contribution in [0, 0.1) is 0 Å². The third-order valence-corrected chi connectivity index (χ3v) is 3.44. The summed E-state index contributed by atoms with van der Waals surface area (Å²) in [5, 5.41) is 0. The summed E-state index contributed by atoms with van der Waals surface area (Å²) >= 11 is 3.53. The van der Waals surface area contributed by atoms with Crippen molar-refractivity contribution in [2.45, 2.75) is 38.6 Å². The largest absolute Gasteiger partial charge is 0.497 e. The molecule has 0 heterocycles. The zero-order chi connectivity index (χ0) is 12.0. The van der Waals surface area contributed by atoms with Gasteiger partial charge in [-0.3, -0.25) is 0 Å².